The topological polar surface area (TPSA) is 122 Å². The van der Waals surface area contributed by atoms with Crippen molar-refractivity contribution in [2.45, 2.75) is 103 Å². The van der Waals surface area contributed by atoms with Crippen LogP contribution in [0.1, 0.15) is 85.0 Å². The Balaban J connectivity index is 1.81. The van der Waals surface area contributed by atoms with E-state index in [1.165, 1.54) is 12.5 Å². The van der Waals surface area contributed by atoms with Gasteiger partial charge in [0.15, 0.2) is 0 Å². The lowest BCUT2D eigenvalue weighted by Gasteiger charge is -2.34. The number of ketones is 1. The van der Waals surface area contributed by atoms with Gasteiger partial charge >= 0.3 is 0 Å². The van der Waals surface area contributed by atoms with Crippen LogP contribution in [0.25, 0.3) is 0 Å². The highest BCUT2D eigenvalue weighted by atomic mass is 16.2. The second kappa shape index (κ2) is 12.3. The molecule has 1 heterocycles. The van der Waals surface area contributed by atoms with E-state index in [1.807, 2.05) is 6.92 Å². The number of nitrogens with zero attached hydrogens (tertiary/aromatic N) is 1. The van der Waals surface area contributed by atoms with Crippen molar-refractivity contribution in [2.24, 2.45) is 28.9 Å². The minimum atomic E-state index is -0.917. The maximum Gasteiger partial charge on any atom is 0.289 e. The lowest BCUT2D eigenvalue weighted by molar-refractivity contribution is -0.144. The van der Waals surface area contributed by atoms with Crippen LogP contribution in [0.2, 0.25) is 0 Å². The number of nitrogens with one attached hydrogen (secondary N) is 2. The van der Waals surface area contributed by atoms with Gasteiger partial charge in [0.1, 0.15) is 6.04 Å². The predicted octanol–water partition coefficient (Wildman–Crippen LogP) is 2.70. The SMILES string of the molecule is C=CCNC(=O)C(=O)C(CCCC)NC(=O)[C@@H]1[C@H]2CCC(C)(C)[C@H]2CN1C(=O)[C@@H](N)C1CCCCC1. The Morgan fingerprint density at radius 1 is 1.14 bits per heavy atom. The fraction of sp³-hybridized carbons (Fsp3) is 0.786. The van der Waals surface area contributed by atoms with Crippen molar-refractivity contribution in [2.75, 3.05) is 13.1 Å². The largest absolute Gasteiger partial charge is 0.346 e. The van der Waals surface area contributed by atoms with Crippen molar-refractivity contribution in [3.05, 3.63) is 12.7 Å². The Bertz CT molecular complexity index is 835. The number of hydrogen-bond donors (Lipinski definition) is 3. The smallest absolute Gasteiger partial charge is 0.289 e. The lowest BCUT2D eigenvalue weighted by atomic mass is 9.79. The number of Topliss-reactive ketones (excluding diaryl/α,β-unsaturated/α-hetero) is 1. The molecule has 3 aliphatic rings. The molecular weight excluding hydrogens is 456 g/mol. The van der Waals surface area contributed by atoms with Crippen molar-refractivity contribution in [1.29, 1.82) is 0 Å². The summed E-state index contributed by atoms with van der Waals surface area (Å²) in [5.74, 6) is -1.49. The van der Waals surface area contributed by atoms with E-state index in [4.69, 9.17) is 5.73 Å². The van der Waals surface area contributed by atoms with Gasteiger partial charge in [-0.15, -0.1) is 6.58 Å². The second-order valence-corrected chi connectivity index (χ2v) is 11.7. The molecule has 0 aromatic rings. The van der Waals surface area contributed by atoms with Gasteiger partial charge in [-0.05, 0) is 55.3 Å². The fourth-order valence-corrected chi connectivity index (χ4v) is 6.62. The Morgan fingerprint density at radius 2 is 1.83 bits per heavy atom. The van der Waals surface area contributed by atoms with Gasteiger partial charge in [-0.1, -0.05) is 59.0 Å². The van der Waals surface area contributed by atoms with Gasteiger partial charge in [0, 0.05) is 13.1 Å². The van der Waals surface area contributed by atoms with Crippen molar-refractivity contribution in [3.8, 4) is 0 Å². The monoisotopic (exact) mass is 502 g/mol. The van der Waals surface area contributed by atoms with Gasteiger partial charge < -0.3 is 21.3 Å². The molecule has 0 aromatic carbocycles. The van der Waals surface area contributed by atoms with E-state index in [0.29, 0.717) is 19.4 Å². The number of fused-ring (bicyclic) bond motifs is 1. The maximum atomic E-state index is 13.8. The first-order chi connectivity index (χ1) is 17.1. The molecule has 0 radical (unpaired) electrons. The third-order valence-electron chi connectivity index (χ3n) is 8.88. The molecule has 2 saturated carbocycles. The molecule has 4 N–H and O–H groups in total. The molecular formula is C28H46N4O4. The van der Waals surface area contributed by atoms with Gasteiger partial charge in [-0.25, -0.2) is 0 Å². The summed E-state index contributed by atoms with van der Waals surface area (Å²) < 4.78 is 0. The molecule has 3 rings (SSSR count). The zero-order chi connectivity index (χ0) is 26.5. The van der Waals surface area contributed by atoms with Crippen LogP contribution in [0.3, 0.4) is 0 Å². The van der Waals surface area contributed by atoms with E-state index in [9.17, 15) is 19.2 Å². The molecule has 3 fully saturated rings. The van der Waals surface area contributed by atoms with Gasteiger partial charge in [0.05, 0.1) is 12.1 Å². The molecule has 3 amide bonds. The van der Waals surface area contributed by atoms with Crippen LogP contribution in [-0.4, -0.2) is 59.6 Å². The van der Waals surface area contributed by atoms with E-state index in [0.717, 1.165) is 44.9 Å². The Kier molecular flexibility index (Phi) is 9.72. The van der Waals surface area contributed by atoms with Crippen molar-refractivity contribution < 1.29 is 19.2 Å². The molecule has 1 unspecified atom stereocenters. The zero-order valence-electron chi connectivity index (χ0n) is 22.4. The van der Waals surface area contributed by atoms with Gasteiger partial charge in [-0.3, -0.25) is 19.2 Å². The number of likely N-dealkylation sites (tertiary alicyclic amines) is 1. The molecule has 5 atom stereocenters. The summed E-state index contributed by atoms with van der Waals surface area (Å²) in [4.78, 5) is 54.5. The molecule has 0 bridgehead atoms. The third-order valence-corrected chi connectivity index (χ3v) is 8.88. The summed E-state index contributed by atoms with van der Waals surface area (Å²) >= 11 is 0. The van der Waals surface area contributed by atoms with Gasteiger partial charge in [0.25, 0.3) is 5.91 Å². The van der Waals surface area contributed by atoms with Crippen LogP contribution in [0.5, 0.6) is 0 Å². The number of nitrogens with two attached hydrogens (primary N) is 1. The quantitative estimate of drug-likeness (QED) is 0.296. The Hall–Kier alpha value is -2.22. The summed E-state index contributed by atoms with van der Waals surface area (Å²) in [7, 11) is 0. The molecule has 36 heavy (non-hydrogen) atoms. The van der Waals surface area contributed by atoms with Crippen molar-refractivity contribution in [3.63, 3.8) is 0 Å². The zero-order valence-corrected chi connectivity index (χ0v) is 22.4. The normalized spacial score (nSPS) is 27.1. The molecule has 0 aromatic heterocycles. The number of hydrogen-bond acceptors (Lipinski definition) is 5. The van der Waals surface area contributed by atoms with Crippen LogP contribution in [0.15, 0.2) is 12.7 Å². The Labute approximate surface area is 216 Å². The number of carbonyl (C=O) groups excluding carboxylic acids is 4. The molecule has 2 aliphatic carbocycles. The van der Waals surface area contributed by atoms with E-state index in [1.54, 1.807) is 4.90 Å². The third kappa shape index (κ3) is 6.18. The highest BCUT2D eigenvalue weighted by molar-refractivity contribution is 6.38. The van der Waals surface area contributed by atoms with Gasteiger partial charge in [-0.2, -0.15) is 0 Å². The predicted molar refractivity (Wildman–Crippen MR) is 140 cm³/mol. The first kappa shape index (κ1) is 28.4. The molecule has 8 nitrogen and oxygen atoms in total. The van der Waals surface area contributed by atoms with E-state index in [2.05, 4.69) is 31.1 Å². The van der Waals surface area contributed by atoms with E-state index in [-0.39, 0.29) is 41.5 Å². The molecule has 8 heteroatoms. The second-order valence-electron chi connectivity index (χ2n) is 11.7. The van der Waals surface area contributed by atoms with Crippen molar-refractivity contribution >= 4 is 23.5 Å². The molecule has 202 valence electrons. The summed E-state index contributed by atoms with van der Waals surface area (Å²) in [6.07, 6.45) is 10.5. The highest BCUT2D eigenvalue weighted by Gasteiger charge is 2.56. The number of amides is 3. The Morgan fingerprint density at radius 3 is 2.47 bits per heavy atom. The maximum absolute atomic E-state index is 13.8. The summed E-state index contributed by atoms with van der Waals surface area (Å²) in [5, 5.41) is 5.40. The summed E-state index contributed by atoms with van der Waals surface area (Å²) in [6.45, 7) is 10.7. The average molecular weight is 503 g/mol. The standard InChI is InChI=1S/C28H46N4O4/c1-5-7-13-21(24(33)26(35)30-16-6-2)31-25(34)23-19-14-15-28(3,4)20(19)17-32(23)27(36)22(29)18-11-9-8-10-12-18/h6,18-23H,2,5,7-17,29H2,1,3-4H3,(H,30,35)(H,31,34)/t19-,20-,21?,22-,23-/m0/s1. The van der Waals surface area contributed by atoms with Crippen molar-refractivity contribution in [1.82, 2.24) is 15.5 Å². The number of carbonyl (C=O) groups is 4. The lowest BCUT2D eigenvalue weighted by Crippen LogP contribution is -2.57. The average Bonchev–Trinajstić information content (AvgIpc) is 3.41. The fourth-order valence-electron chi connectivity index (χ4n) is 6.62. The number of rotatable bonds is 11. The van der Waals surface area contributed by atoms with E-state index < -0.39 is 29.8 Å². The summed E-state index contributed by atoms with van der Waals surface area (Å²) in [6, 6.07) is -2.18. The highest BCUT2D eigenvalue weighted by Crippen LogP contribution is 2.53. The molecule has 1 saturated heterocycles. The van der Waals surface area contributed by atoms with E-state index >= 15 is 0 Å². The van der Waals surface area contributed by atoms with Crippen LogP contribution in [-0.2, 0) is 19.2 Å². The molecule has 0 spiro atoms. The van der Waals surface area contributed by atoms with Crippen LogP contribution < -0.4 is 16.4 Å². The minimum Gasteiger partial charge on any atom is -0.346 e. The van der Waals surface area contributed by atoms with Crippen LogP contribution in [0, 0.1) is 23.2 Å². The first-order valence-corrected chi connectivity index (χ1v) is 13.9. The van der Waals surface area contributed by atoms with Gasteiger partial charge in [0.2, 0.25) is 17.6 Å². The first-order valence-electron chi connectivity index (χ1n) is 13.9. The van der Waals surface area contributed by atoms with Crippen LogP contribution >= 0.6 is 0 Å². The molecule has 1 aliphatic heterocycles. The minimum absolute atomic E-state index is 0.0230. The summed E-state index contributed by atoms with van der Waals surface area (Å²) in [5.41, 5.74) is 6.54. The van der Waals surface area contributed by atoms with Crippen LogP contribution in [0.4, 0.5) is 0 Å². The number of unbranched alkanes of at least 4 members (excludes halogenated alkanes) is 1.